The third-order valence-electron chi connectivity index (χ3n) is 6.60. The molecule has 2 heterocycles. The van der Waals surface area contributed by atoms with Gasteiger partial charge in [0, 0.05) is 30.6 Å². The number of piperidine rings is 1. The largest absolute Gasteiger partial charge is 0.492 e. The maximum atomic E-state index is 6.48. The summed E-state index contributed by atoms with van der Waals surface area (Å²) in [6.45, 7) is 5.61. The molecule has 0 bridgehead atoms. The Bertz CT molecular complexity index is 1220. The van der Waals surface area contributed by atoms with Crippen molar-refractivity contribution in [3.8, 4) is 11.5 Å². The summed E-state index contributed by atoms with van der Waals surface area (Å²) in [7, 11) is 2.15. The van der Waals surface area contributed by atoms with Crippen molar-refractivity contribution < 1.29 is 9.47 Å². The van der Waals surface area contributed by atoms with E-state index in [2.05, 4.69) is 43.3 Å². The summed E-state index contributed by atoms with van der Waals surface area (Å²) in [6, 6.07) is 13.9. The Morgan fingerprint density at radius 3 is 2.66 bits per heavy atom. The van der Waals surface area contributed by atoms with Crippen LogP contribution in [0, 0.1) is 5.92 Å². The van der Waals surface area contributed by atoms with Crippen molar-refractivity contribution in [3.63, 3.8) is 0 Å². The van der Waals surface area contributed by atoms with E-state index in [0.717, 1.165) is 60.4 Å². The minimum atomic E-state index is 0.220. The molecule has 1 saturated heterocycles. The fourth-order valence-corrected chi connectivity index (χ4v) is 5.22. The average molecular weight is 555 g/mol. The Morgan fingerprint density at radius 1 is 1.05 bits per heavy atom. The third-order valence-corrected chi connectivity index (χ3v) is 7.77. The Labute approximate surface area is 234 Å². The van der Waals surface area contributed by atoms with Crippen molar-refractivity contribution in [2.24, 2.45) is 5.92 Å². The Kier molecular flexibility index (Phi) is 9.11. The van der Waals surface area contributed by atoms with E-state index in [1.54, 1.807) is 18.1 Å². The van der Waals surface area contributed by atoms with E-state index in [9.17, 15) is 0 Å². The van der Waals surface area contributed by atoms with Crippen LogP contribution in [0.15, 0.2) is 53.6 Å². The molecule has 0 amide bonds. The van der Waals surface area contributed by atoms with Gasteiger partial charge in [-0.3, -0.25) is 4.72 Å². The normalized spacial score (nSPS) is 16.3. The maximum Gasteiger partial charge on any atom is 0.229 e. The van der Waals surface area contributed by atoms with Gasteiger partial charge >= 0.3 is 0 Å². The molecule has 202 valence electrons. The number of nitrogens with one attached hydrogen (secondary N) is 3. The van der Waals surface area contributed by atoms with Crippen molar-refractivity contribution in [2.45, 2.75) is 43.6 Å². The van der Waals surface area contributed by atoms with Crippen LogP contribution in [0.1, 0.15) is 32.6 Å². The summed E-state index contributed by atoms with van der Waals surface area (Å²) in [5.41, 5.74) is 1.69. The Hall–Kier alpha value is -2.72. The van der Waals surface area contributed by atoms with Crippen LogP contribution in [-0.2, 0) is 0 Å². The van der Waals surface area contributed by atoms with Gasteiger partial charge in [0.1, 0.15) is 22.6 Å². The molecule has 0 spiro atoms. The highest BCUT2D eigenvalue weighted by molar-refractivity contribution is 7.97. The number of likely N-dealkylation sites (tertiary alicyclic amines) is 1. The Balaban J connectivity index is 1.28. The zero-order valence-electron chi connectivity index (χ0n) is 21.9. The average Bonchev–Trinajstić information content (AvgIpc) is 3.74. The second-order valence-electron chi connectivity index (χ2n) is 9.74. The molecule has 0 unspecified atom stereocenters. The van der Waals surface area contributed by atoms with E-state index in [4.69, 9.17) is 21.1 Å². The number of halogens is 1. The smallest absolute Gasteiger partial charge is 0.229 e. The molecule has 2 fully saturated rings. The molecule has 3 N–H and O–H groups in total. The fourth-order valence-electron chi connectivity index (χ4n) is 4.23. The molecular formula is C28H35ClN6O2S. The number of ether oxygens (including phenoxy) is 2. The molecule has 1 aliphatic heterocycles. The molecule has 8 nitrogen and oxygen atoms in total. The van der Waals surface area contributed by atoms with Gasteiger partial charge in [-0.1, -0.05) is 23.7 Å². The van der Waals surface area contributed by atoms with E-state index in [1.165, 1.54) is 12.8 Å². The van der Waals surface area contributed by atoms with Gasteiger partial charge in [0.15, 0.2) is 5.82 Å². The predicted molar refractivity (Wildman–Crippen MR) is 155 cm³/mol. The van der Waals surface area contributed by atoms with Gasteiger partial charge in [-0.25, -0.2) is 4.98 Å². The number of benzene rings is 2. The van der Waals surface area contributed by atoms with E-state index >= 15 is 0 Å². The van der Waals surface area contributed by atoms with Crippen LogP contribution in [0.5, 0.6) is 11.5 Å². The molecule has 38 heavy (non-hydrogen) atoms. The number of nitrogens with zero attached hydrogens (tertiary/aromatic N) is 3. The third kappa shape index (κ3) is 7.44. The highest BCUT2D eigenvalue weighted by atomic mass is 35.5. The van der Waals surface area contributed by atoms with Crippen LogP contribution >= 0.6 is 23.5 Å². The summed E-state index contributed by atoms with van der Waals surface area (Å²) in [4.78, 5) is 12.5. The van der Waals surface area contributed by atoms with Gasteiger partial charge in [0.2, 0.25) is 5.95 Å². The van der Waals surface area contributed by atoms with Gasteiger partial charge in [0.05, 0.1) is 24.2 Å². The summed E-state index contributed by atoms with van der Waals surface area (Å²) in [5.74, 6) is 3.24. The molecule has 1 aromatic heterocycles. The first kappa shape index (κ1) is 26.9. The van der Waals surface area contributed by atoms with Crippen LogP contribution < -0.4 is 24.8 Å². The van der Waals surface area contributed by atoms with Gasteiger partial charge < -0.3 is 25.0 Å². The Morgan fingerprint density at radius 2 is 1.87 bits per heavy atom. The molecule has 1 saturated carbocycles. The number of hydrogen-bond acceptors (Lipinski definition) is 9. The number of hydrogen-bond donors (Lipinski definition) is 3. The van der Waals surface area contributed by atoms with E-state index in [1.807, 2.05) is 43.3 Å². The molecule has 2 aromatic carbocycles. The van der Waals surface area contributed by atoms with Gasteiger partial charge in [-0.2, -0.15) is 4.98 Å². The highest BCUT2D eigenvalue weighted by Gasteiger charge is 2.21. The van der Waals surface area contributed by atoms with Crippen molar-refractivity contribution >= 4 is 46.7 Å². The van der Waals surface area contributed by atoms with Crippen LogP contribution in [-0.4, -0.2) is 54.3 Å². The number of anilines is 4. The summed E-state index contributed by atoms with van der Waals surface area (Å²) < 4.78 is 15.6. The summed E-state index contributed by atoms with van der Waals surface area (Å²) >= 11 is 8.10. The van der Waals surface area contributed by atoms with Crippen LogP contribution in [0.25, 0.3) is 0 Å². The number of para-hydroxylation sites is 1. The van der Waals surface area contributed by atoms with Gasteiger partial charge in [-0.05, 0) is 81.8 Å². The lowest BCUT2D eigenvalue weighted by molar-refractivity contribution is 0.114. The van der Waals surface area contributed by atoms with Crippen LogP contribution in [0.2, 0.25) is 5.02 Å². The molecular weight excluding hydrogens is 520 g/mol. The number of aromatic nitrogens is 2. The van der Waals surface area contributed by atoms with Crippen molar-refractivity contribution in [1.29, 1.82) is 0 Å². The molecule has 5 rings (SSSR count). The second kappa shape index (κ2) is 12.9. The fraction of sp³-hybridized carbons (Fsp3) is 0.429. The predicted octanol–water partition coefficient (Wildman–Crippen LogP) is 6.50. The molecule has 1 aliphatic carbocycles. The molecule has 0 atom stereocenters. The second-order valence-corrected chi connectivity index (χ2v) is 11.1. The first-order valence-corrected chi connectivity index (χ1v) is 14.4. The lowest BCUT2D eigenvalue weighted by Crippen LogP contribution is -2.35. The van der Waals surface area contributed by atoms with Crippen molar-refractivity contribution in [2.75, 3.05) is 43.9 Å². The summed E-state index contributed by atoms with van der Waals surface area (Å²) in [6.07, 6.45) is 6.49. The highest BCUT2D eigenvalue weighted by Crippen LogP contribution is 2.35. The monoisotopic (exact) mass is 554 g/mol. The lowest BCUT2D eigenvalue weighted by atomic mass is 10.1. The molecule has 3 aromatic rings. The van der Waals surface area contributed by atoms with E-state index < -0.39 is 0 Å². The van der Waals surface area contributed by atoms with Gasteiger partial charge in [-0.15, -0.1) is 0 Å². The van der Waals surface area contributed by atoms with E-state index in [0.29, 0.717) is 29.1 Å². The molecule has 0 radical (unpaired) electrons. The minimum Gasteiger partial charge on any atom is -0.492 e. The first-order chi connectivity index (χ1) is 18.6. The van der Waals surface area contributed by atoms with Crippen molar-refractivity contribution in [3.05, 3.63) is 53.7 Å². The molecule has 2 aliphatic rings. The minimum absolute atomic E-state index is 0.220. The topological polar surface area (TPSA) is 83.6 Å². The van der Waals surface area contributed by atoms with Crippen molar-refractivity contribution in [1.82, 2.24) is 19.6 Å². The van der Waals surface area contributed by atoms with E-state index in [-0.39, 0.29) is 6.10 Å². The standard InChI is InChI=1S/C28H35ClN6O2S/c1-3-36-25-16-21(37-20-12-14-35(2)15-13-20)10-11-23(25)33-28-30-18-22(29)27(34-28)32-24-6-4-5-7-26(24)38-31-17-19-8-9-19/h4-7,10-11,16,18-20,31H,3,8-9,12-15,17H2,1-2H3,(H2,30,32,33,34). The number of rotatable bonds is 12. The first-order valence-electron chi connectivity index (χ1n) is 13.2. The molecule has 10 heteroatoms. The quantitative estimate of drug-likeness (QED) is 0.217. The SMILES string of the molecule is CCOc1cc(OC2CCN(C)CC2)ccc1Nc1ncc(Cl)c(Nc2ccccc2SNCC2CC2)n1. The van der Waals surface area contributed by atoms with Crippen LogP contribution in [0.3, 0.4) is 0 Å². The van der Waals surface area contributed by atoms with Crippen LogP contribution in [0.4, 0.5) is 23.1 Å². The van der Waals surface area contributed by atoms with Gasteiger partial charge in [0.25, 0.3) is 0 Å². The zero-order chi connectivity index (χ0) is 26.3. The maximum absolute atomic E-state index is 6.48. The summed E-state index contributed by atoms with van der Waals surface area (Å²) in [5, 5.41) is 7.11. The lowest BCUT2D eigenvalue weighted by Gasteiger charge is -2.29. The zero-order valence-corrected chi connectivity index (χ0v) is 23.4.